The molecule has 0 aromatic rings. The molecule has 3 aliphatic rings. The predicted molar refractivity (Wildman–Crippen MR) is 76.7 cm³/mol. The molecule has 2 aliphatic heterocycles. The summed E-state index contributed by atoms with van der Waals surface area (Å²) in [4.78, 5) is 0. The first-order chi connectivity index (χ1) is 8.83. The second kappa shape index (κ2) is 5.92. The molecule has 3 fully saturated rings. The van der Waals surface area contributed by atoms with Crippen LogP contribution in [-0.2, 0) is 0 Å². The summed E-state index contributed by atoms with van der Waals surface area (Å²) in [5, 5.41) is 7.55. The average molecular weight is 250 g/mol. The number of hydrogen-bond donors (Lipinski definition) is 2. The van der Waals surface area contributed by atoms with E-state index < -0.39 is 0 Å². The zero-order valence-electron chi connectivity index (χ0n) is 12.0. The van der Waals surface area contributed by atoms with E-state index in [1.165, 1.54) is 64.5 Å². The fraction of sp³-hybridized carbons (Fsp3) is 1.00. The third-order valence-corrected chi connectivity index (χ3v) is 5.60. The summed E-state index contributed by atoms with van der Waals surface area (Å²) in [6, 6.07) is 1.67. The molecule has 0 aromatic heterocycles. The van der Waals surface area contributed by atoms with Gasteiger partial charge in [0.05, 0.1) is 0 Å². The standard InChI is InChI=1S/C16H30N2/c1-12-9-13(11-14-5-2-3-7-17-14)15-6-4-8-18-16(15)10-12/h12-18H,2-11H2,1H3. The van der Waals surface area contributed by atoms with Crippen LogP contribution in [0.1, 0.15) is 58.3 Å². The molecule has 1 saturated carbocycles. The maximum Gasteiger partial charge on any atom is 0.0100 e. The highest BCUT2D eigenvalue weighted by Crippen LogP contribution is 2.41. The van der Waals surface area contributed by atoms with Crippen LogP contribution in [0.4, 0.5) is 0 Å². The quantitative estimate of drug-likeness (QED) is 0.787. The molecule has 0 radical (unpaired) electrons. The minimum absolute atomic E-state index is 0.830. The number of fused-ring (bicyclic) bond motifs is 1. The van der Waals surface area contributed by atoms with E-state index in [4.69, 9.17) is 0 Å². The predicted octanol–water partition coefficient (Wildman–Crippen LogP) is 2.93. The largest absolute Gasteiger partial charge is 0.314 e. The molecule has 5 atom stereocenters. The van der Waals surface area contributed by atoms with E-state index in [0.717, 1.165) is 29.8 Å². The summed E-state index contributed by atoms with van der Waals surface area (Å²) < 4.78 is 0. The van der Waals surface area contributed by atoms with Crippen molar-refractivity contribution < 1.29 is 0 Å². The van der Waals surface area contributed by atoms with Gasteiger partial charge >= 0.3 is 0 Å². The van der Waals surface area contributed by atoms with Crippen molar-refractivity contribution >= 4 is 0 Å². The van der Waals surface area contributed by atoms with Crippen LogP contribution in [0.3, 0.4) is 0 Å². The highest BCUT2D eigenvalue weighted by molar-refractivity contribution is 4.93. The first-order valence-electron chi connectivity index (χ1n) is 8.29. The zero-order chi connectivity index (χ0) is 12.4. The zero-order valence-corrected chi connectivity index (χ0v) is 12.0. The van der Waals surface area contributed by atoms with Gasteiger partial charge in [0, 0.05) is 12.1 Å². The summed E-state index contributed by atoms with van der Waals surface area (Å²) in [7, 11) is 0. The molecule has 2 N–H and O–H groups in total. The summed E-state index contributed by atoms with van der Waals surface area (Å²) in [6.07, 6.45) is 11.5. The van der Waals surface area contributed by atoms with Crippen molar-refractivity contribution in [2.24, 2.45) is 17.8 Å². The second-order valence-corrected chi connectivity index (χ2v) is 7.09. The lowest BCUT2D eigenvalue weighted by atomic mass is 9.66. The highest BCUT2D eigenvalue weighted by atomic mass is 14.9. The van der Waals surface area contributed by atoms with Crippen molar-refractivity contribution in [2.45, 2.75) is 70.4 Å². The molecule has 2 nitrogen and oxygen atoms in total. The first kappa shape index (κ1) is 12.9. The van der Waals surface area contributed by atoms with E-state index in [1.807, 2.05) is 0 Å². The lowest BCUT2D eigenvalue weighted by molar-refractivity contribution is 0.0890. The van der Waals surface area contributed by atoms with Crippen LogP contribution in [0.25, 0.3) is 0 Å². The average Bonchev–Trinajstić information content (AvgIpc) is 2.40. The van der Waals surface area contributed by atoms with Crippen LogP contribution in [0, 0.1) is 17.8 Å². The molecule has 0 bridgehead atoms. The van der Waals surface area contributed by atoms with Crippen molar-refractivity contribution in [1.82, 2.24) is 10.6 Å². The van der Waals surface area contributed by atoms with Gasteiger partial charge in [-0.1, -0.05) is 13.3 Å². The number of rotatable bonds is 2. The van der Waals surface area contributed by atoms with Crippen LogP contribution in [0.5, 0.6) is 0 Å². The highest BCUT2D eigenvalue weighted by Gasteiger charge is 2.38. The van der Waals surface area contributed by atoms with Crippen molar-refractivity contribution in [3.05, 3.63) is 0 Å². The van der Waals surface area contributed by atoms with Gasteiger partial charge in [0.2, 0.25) is 0 Å². The molecule has 0 spiro atoms. The van der Waals surface area contributed by atoms with E-state index >= 15 is 0 Å². The lowest BCUT2D eigenvalue weighted by Crippen LogP contribution is -2.50. The molecular weight excluding hydrogens is 220 g/mol. The molecule has 0 amide bonds. The maximum atomic E-state index is 3.80. The Bertz CT molecular complexity index is 260. The summed E-state index contributed by atoms with van der Waals surface area (Å²) in [6.45, 7) is 5.00. The van der Waals surface area contributed by atoms with Crippen LogP contribution >= 0.6 is 0 Å². The fourth-order valence-corrected chi connectivity index (χ4v) is 4.78. The minimum atomic E-state index is 0.830. The molecule has 3 rings (SSSR count). The van der Waals surface area contributed by atoms with Gasteiger partial charge in [-0.25, -0.2) is 0 Å². The summed E-state index contributed by atoms with van der Waals surface area (Å²) in [5.74, 6) is 2.91. The number of nitrogens with one attached hydrogen (secondary N) is 2. The van der Waals surface area contributed by atoms with E-state index in [0.29, 0.717) is 0 Å². The van der Waals surface area contributed by atoms with E-state index in [2.05, 4.69) is 17.6 Å². The molecule has 2 saturated heterocycles. The smallest absolute Gasteiger partial charge is 0.0100 e. The molecule has 5 unspecified atom stereocenters. The summed E-state index contributed by atoms with van der Waals surface area (Å²) in [5.41, 5.74) is 0. The van der Waals surface area contributed by atoms with Crippen LogP contribution in [-0.4, -0.2) is 25.2 Å². The molecule has 2 heterocycles. The van der Waals surface area contributed by atoms with E-state index in [1.54, 1.807) is 0 Å². The SMILES string of the molecule is CC1CC(CC2CCCCN2)C2CCCNC2C1. The molecule has 1 aliphatic carbocycles. The molecule has 104 valence electrons. The number of hydrogen-bond acceptors (Lipinski definition) is 2. The minimum Gasteiger partial charge on any atom is -0.314 e. The lowest BCUT2D eigenvalue weighted by Gasteiger charge is -2.45. The Morgan fingerprint density at radius 3 is 2.67 bits per heavy atom. The molecular formula is C16H30N2. The van der Waals surface area contributed by atoms with Crippen LogP contribution in [0.15, 0.2) is 0 Å². The third kappa shape index (κ3) is 2.91. The van der Waals surface area contributed by atoms with Crippen molar-refractivity contribution in [2.75, 3.05) is 13.1 Å². The monoisotopic (exact) mass is 250 g/mol. The normalized spacial score (nSPS) is 45.5. The van der Waals surface area contributed by atoms with Crippen LogP contribution < -0.4 is 10.6 Å². The second-order valence-electron chi connectivity index (χ2n) is 7.09. The van der Waals surface area contributed by atoms with Gasteiger partial charge in [-0.2, -0.15) is 0 Å². The fourth-order valence-electron chi connectivity index (χ4n) is 4.78. The van der Waals surface area contributed by atoms with Gasteiger partial charge in [-0.05, 0) is 75.8 Å². The first-order valence-corrected chi connectivity index (χ1v) is 8.29. The van der Waals surface area contributed by atoms with Gasteiger partial charge in [-0.15, -0.1) is 0 Å². The van der Waals surface area contributed by atoms with Crippen molar-refractivity contribution in [1.29, 1.82) is 0 Å². The molecule has 18 heavy (non-hydrogen) atoms. The van der Waals surface area contributed by atoms with E-state index in [9.17, 15) is 0 Å². The Kier molecular flexibility index (Phi) is 4.25. The Balaban J connectivity index is 1.60. The molecule has 0 aromatic carbocycles. The Hall–Kier alpha value is -0.0800. The Labute approximate surface area is 112 Å². The van der Waals surface area contributed by atoms with E-state index in [-0.39, 0.29) is 0 Å². The topological polar surface area (TPSA) is 24.1 Å². The Morgan fingerprint density at radius 2 is 1.83 bits per heavy atom. The van der Waals surface area contributed by atoms with Crippen molar-refractivity contribution in [3.8, 4) is 0 Å². The maximum absolute atomic E-state index is 3.80. The van der Waals surface area contributed by atoms with Gasteiger partial charge < -0.3 is 10.6 Å². The van der Waals surface area contributed by atoms with Gasteiger partial charge in [0.15, 0.2) is 0 Å². The van der Waals surface area contributed by atoms with Gasteiger partial charge in [0.1, 0.15) is 0 Å². The van der Waals surface area contributed by atoms with Crippen LogP contribution in [0.2, 0.25) is 0 Å². The Morgan fingerprint density at radius 1 is 0.944 bits per heavy atom. The third-order valence-electron chi connectivity index (χ3n) is 5.60. The summed E-state index contributed by atoms with van der Waals surface area (Å²) >= 11 is 0. The van der Waals surface area contributed by atoms with Crippen molar-refractivity contribution in [3.63, 3.8) is 0 Å². The van der Waals surface area contributed by atoms with Gasteiger partial charge in [0.25, 0.3) is 0 Å². The molecule has 2 heteroatoms. The number of piperidine rings is 2. The van der Waals surface area contributed by atoms with Gasteiger partial charge in [-0.3, -0.25) is 0 Å².